The maximum Gasteiger partial charge on any atom is 0.151 e. The summed E-state index contributed by atoms with van der Waals surface area (Å²) in [6.07, 6.45) is 4.30. The zero-order valence-electron chi connectivity index (χ0n) is 34.0. The number of fused-ring (bicyclic) bond motifs is 2. The summed E-state index contributed by atoms with van der Waals surface area (Å²) in [5.74, 6) is 1.84. The largest absolute Gasteiger partial charge is 0.453 e. The Balaban J connectivity index is 1.59. The maximum absolute atomic E-state index is 6.96. The molecule has 0 unspecified atom stereocenters. The van der Waals surface area contributed by atoms with E-state index in [1.54, 1.807) is 0 Å². The van der Waals surface area contributed by atoms with Crippen LogP contribution in [0.2, 0.25) is 0 Å². The first-order valence-electron chi connectivity index (χ1n) is 19.7. The van der Waals surface area contributed by atoms with E-state index in [0.717, 1.165) is 54.2 Å². The van der Waals surface area contributed by atoms with Crippen molar-refractivity contribution in [3.05, 3.63) is 125 Å². The predicted octanol–water partition coefficient (Wildman–Crippen LogP) is 15.3. The Morgan fingerprint density at radius 1 is 0.404 bits per heavy atom. The number of benzene rings is 5. The van der Waals surface area contributed by atoms with Crippen LogP contribution >= 0.6 is 0 Å². The van der Waals surface area contributed by atoms with E-state index >= 15 is 0 Å². The van der Waals surface area contributed by atoms with Gasteiger partial charge in [0.2, 0.25) is 0 Å². The van der Waals surface area contributed by atoms with Gasteiger partial charge in [0, 0.05) is 5.69 Å². The molecule has 1 heterocycles. The molecule has 0 radical (unpaired) electrons. The summed E-state index contributed by atoms with van der Waals surface area (Å²) in [6.45, 7) is 27.6. The summed E-state index contributed by atoms with van der Waals surface area (Å²) in [5, 5.41) is 0. The first-order valence-corrected chi connectivity index (χ1v) is 19.7. The molecule has 0 aliphatic carbocycles. The molecule has 52 heavy (non-hydrogen) atoms. The minimum absolute atomic E-state index is 0.0832. The van der Waals surface area contributed by atoms with Crippen LogP contribution in [-0.4, -0.2) is 0 Å². The summed E-state index contributed by atoms with van der Waals surface area (Å²) < 4.78 is 6.96. The summed E-state index contributed by atoms with van der Waals surface area (Å²) in [5.41, 5.74) is 13.8. The fraction of sp³-hybridized carbons (Fsp3) is 0.400. The second-order valence-corrected chi connectivity index (χ2v) is 17.8. The van der Waals surface area contributed by atoms with Crippen LogP contribution in [0.4, 0.5) is 17.1 Å². The lowest BCUT2D eigenvalue weighted by molar-refractivity contribution is 0.425. The first-order chi connectivity index (χ1) is 24.5. The van der Waals surface area contributed by atoms with Crippen LogP contribution in [0.15, 0.2) is 103 Å². The van der Waals surface area contributed by atoms with Gasteiger partial charge in [-0.2, -0.15) is 0 Å². The molecule has 0 spiro atoms. The fourth-order valence-corrected chi connectivity index (χ4v) is 7.55. The van der Waals surface area contributed by atoms with Crippen molar-refractivity contribution in [2.45, 2.75) is 130 Å². The number of nitrogens with zero attached hydrogens (tertiary/aromatic N) is 1. The van der Waals surface area contributed by atoms with Crippen LogP contribution in [0.3, 0.4) is 0 Å². The monoisotopic (exact) mass is 691 g/mol. The maximum atomic E-state index is 6.96. The van der Waals surface area contributed by atoms with Gasteiger partial charge in [-0.3, -0.25) is 0 Å². The molecule has 0 fully saturated rings. The van der Waals surface area contributed by atoms with E-state index < -0.39 is 0 Å². The molecule has 0 bridgehead atoms. The summed E-state index contributed by atoms with van der Waals surface area (Å²) in [4.78, 5) is 2.44. The molecule has 0 saturated heterocycles. The van der Waals surface area contributed by atoms with E-state index in [2.05, 4.69) is 191 Å². The van der Waals surface area contributed by atoms with Crippen LogP contribution < -0.4 is 9.64 Å². The average molecular weight is 692 g/mol. The van der Waals surface area contributed by atoms with Crippen LogP contribution in [-0.2, 0) is 21.7 Å². The third kappa shape index (κ3) is 7.06. The molecule has 2 nitrogen and oxygen atoms in total. The number of ether oxygens (including phenoxy) is 1. The van der Waals surface area contributed by atoms with Gasteiger partial charge in [0.15, 0.2) is 11.5 Å². The van der Waals surface area contributed by atoms with Crippen molar-refractivity contribution in [1.29, 1.82) is 0 Å². The van der Waals surface area contributed by atoms with Crippen LogP contribution in [0.5, 0.6) is 11.5 Å². The molecular formula is C50H61NO. The molecule has 272 valence electrons. The van der Waals surface area contributed by atoms with Gasteiger partial charge in [0.05, 0.1) is 11.4 Å². The zero-order chi connectivity index (χ0) is 37.6. The Labute approximate surface area is 315 Å². The van der Waals surface area contributed by atoms with Gasteiger partial charge >= 0.3 is 0 Å². The smallest absolute Gasteiger partial charge is 0.151 e. The molecule has 5 aromatic rings. The molecule has 2 heteroatoms. The highest BCUT2D eigenvalue weighted by molar-refractivity contribution is 5.90. The molecule has 1 aliphatic rings. The normalized spacial score (nSPS) is 13.4. The second-order valence-electron chi connectivity index (χ2n) is 17.8. The summed E-state index contributed by atoms with van der Waals surface area (Å²) >= 11 is 0. The van der Waals surface area contributed by atoms with E-state index in [0.29, 0.717) is 0 Å². The minimum Gasteiger partial charge on any atom is -0.453 e. The van der Waals surface area contributed by atoms with E-state index in [1.165, 1.54) is 44.5 Å². The Morgan fingerprint density at radius 3 is 1.08 bits per heavy atom. The lowest BCUT2D eigenvalue weighted by Gasteiger charge is -2.36. The standard InChI is InChI=1S/C50H61NO/c1-13-49(11,14-2)40-25-27-43-45(32-40)52-46-33-41(50(12,15-3)16-4)26-28-44(46)51(43)42-30-36(34-17-21-38(22-18-34)47(5,6)7)29-37(31-42)35-19-23-39(24-20-35)48(8,9)10/h17-33H,13-16H2,1-12H3. The Bertz CT molecular complexity index is 1880. The molecule has 0 amide bonds. The number of rotatable bonds is 9. The SMILES string of the molecule is CCC(C)(CC)c1ccc2c(c1)Oc1cc(C(C)(CC)CC)ccc1N2c1cc(-c2ccc(C(C)(C)C)cc2)cc(-c2ccc(C(C)(C)C)cc2)c1. The molecule has 1 aliphatic heterocycles. The third-order valence-electron chi connectivity index (χ3n) is 12.5. The van der Waals surface area contributed by atoms with Gasteiger partial charge in [-0.05, 0) is 134 Å². The van der Waals surface area contributed by atoms with E-state index in [4.69, 9.17) is 4.74 Å². The topological polar surface area (TPSA) is 12.5 Å². The average Bonchev–Trinajstić information content (AvgIpc) is 3.15. The first kappa shape index (κ1) is 37.5. The third-order valence-corrected chi connectivity index (χ3v) is 12.5. The number of hydrogen-bond acceptors (Lipinski definition) is 2. The molecule has 0 atom stereocenters. The zero-order valence-corrected chi connectivity index (χ0v) is 34.0. The highest BCUT2D eigenvalue weighted by Gasteiger charge is 2.32. The molecule has 0 aromatic heterocycles. The van der Waals surface area contributed by atoms with Gasteiger partial charge < -0.3 is 9.64 Å². The molecule has 6 rings (SSSR count). The van der Waals surface area contributed by atoms with Crippen molar-refractivity contribution in [1.82, 2.24) is 0 Å². The van der Waals surface area contributed by atoms with Gasteiger partial charge in [-0.25, -0.2) is 0 Å². The molecular weight excluding hydrogens is 631 g/mol. The lowest BCUT2D eigenvalue weighted by atomic mass is 9.77. The van der Waals surface area contributed by atoms with Crippen molar-refractivity contribution < 1.29 is 4.74 Å². The number of hydrogen-bond donors (Lipinski definition) is 0. The van der Waals surface area contributed by atoms with E-state index in [1.807, 2.05) is 0 Å². The van der Waals surface area contributed by atoms with Gasteiger partial charge in [0.25, 0.3) is 0 Å². The summed E-state index contributed by atoms with van der Waals surface area (Å²) in [6, 6.07) is 39.3. The molecule has 0 N–H and O–H groups in total. The predicted molar refractivity (Wildman–Crippen MR) is 225 cm³/mol. The summed E-state index contributed by atoms with van der Waals surface area (Å²) in [7, 11) is 0. The minimum atomic E-state index is 0.0832. The Hall–Kier alpha value is -4.30. The lowest BCUT2D eigenvalue weighted by Crippen LogP contribution is -2.22. The highest BCUT2D eigenvalue weighted by Crippen LogP contribution is 2.54. The van der Waals surface area contributed by atoms with Crippen molar-refractivity contribution >= 4 is 17.1 Å². The van der Waals surface area contributed by atoms with Crippen molar-refractivity contribution in [2.75, 3.05) is 4.90 Å². The van der Waals surface area contributed by atoms with E-state index in [-0.39, 0.29) is 21.7 Å². The van der Waals surface area contributed by atoms with Crippen LogP contribution in [0, 0.1) is 0 Å². The molecule has 0 saturated carbocycles. The quantitative estimate of drug-likeness (QED) is 0.150. The van der Waals surface area contributed by atoms with Gasteiger partial charge in [-0.1, -0.05) is 144 Å². The van der Waals surface area contributed by atoms with Crippen LogP contribution in [0.1, 0.15) is 131 Å². The Kier molecular flexibility index (Phi) is 10.0. The second kappa shape index (κ2) is 13.9. The van der Waals surface area contributed by atoms with Crippen molar-refractivity contribution in [2.24, 2.45) is 0 Å². The van der Waals surface area contributed by atoms with Gasteiger partial charge in [0.1, 0.15) is 0 Å². The molecule has 5 aromatic carbocycles. The highest BCUT2D eigenvalue weighted by atomic mass is 16.5. The van der Waals surface area contributed by atoms with E-state index in [9.17, 15) is 0 Å². The number of anilines is 3. The fourth-order valence-electron chi connectivity index (χ4n) is 7.55. The van der Waals surface area contributed by atoms with Crippen molar-refractivity contribution in [3.8, 4) is 33.8 Å². The Morgan fingerprint density at radius 2 is 0.750 bits per heavy atom. The van der Waals surface area contributed by atoms with Crippen molar-refractivity contribution in [3.63, 3.8) is 0 Å². The van der Waals surface area contributed by atoms with Gasteiger partial charge in [-0.15, -0.1) is 0 Å². The van der Waals surface area contributed by atoms with Crippen LogP contribution in [0.25, 0.3) is 22.3 Å².